The van der Waals surface area contributed by atoms with E-state index in [4.69, 9.17) is 13.9 Å². The van der Waals surface area contributed by atoms with E-state index in [-0.39, 0.29) is 24.8 Å². The molecular formula is C20H18F3N3O4. The summed E-state index contributed by atoms with van der Waals surface area (Å²) in [6.07, 6.45) is -3.94. The van der Waals surface area contributed by atoms with Gasteiger partial charge in [-0.2, -0.15) is 13.2 Å². The number of nitrogens with one attached hydrogen (secondary N) is 1. The summed E-state index contributed by atoms with van der Waals surface area (Å²) >= 11 is 0. The minimum atomic E-state index is -4.48. The lowest BCUT2D eigenvalue weighted by molar-refractivity contribution is -0.137. The van der Waals surface area contributed by atoms with Crippen molar-refractivity contribution in [2.45, 2.75) is 19.2 Å². The number of ether oxygens (including phenoxy) is 2. The summed E-state index contributed by atoms with van der Waals surface area (Å²) in [5, 5.41) is 10.5. The van der Waals surface area contributed by atoms with Crippen LogP contribution in [0.15, 0.2) is 59.2 Å². The van der Waals surface area contributed by atoms with E-state index < -0.39 is 23.8 Å². The second-order valence-electron chi connectivity index (χ2n) is 6.16. The maximum atomic E-state index is 12.7. The summed E-state index contributed by atoms with van der Waals surface area (Å²) in [6, 6.07) is 11.1. The van der Waals surface area contributed by atoms with Gasteiger partial charge in [0.25, 0.3) is 5.91 Å². The van der Waals surface area contributed by atoms with Crippen molar-refractivity contribution in [2.24, 2.45) is 0 Å². The number of halogens is 3. The molecule has 0 radical (unpaired) electrons. The third-order valence-electron chi connectivity index (χ3n) is 3.91. The highest BCUT2D eigenvalue weighted by Gasteiger charge is 2.30. The van der Waals surface area contributed by atoms with Crippen LogP contribution in [-0.4, -0.2) is 35.4 Å². The molecule has 2 heterocycles. The van der Waals surface area contributed by atoms with Gasteiger partial charge in [-0.3, -0.25) is 4.79 Å². The number of amides is 1. The number of carbonyl (C=O) groups is 1. The van der Waals surface area contributed by atoms with Crippen LogP contribution in [0, 0.1) is 0 Å². The Labute approximate surface area is 169 Å². The lowest BCUT2D eigenvalue weighted by atomic mass is 10.2. The van der Waals surface area contributed by atoms with Gasteiger partial charge in [0, 0.05) is 6.07 Å². The zero-order chi connectivity index (χ0) is 21.6. The summed E-state index contributed by atoms with van der Waals surface area (Å²) in [6.45, 7) is 1.71. The largest absolute Gasteiger partial charge is 0.481 e. The standard InChI is InChI=1S/C20H18F3N3O4/c1-13(30-15-5-2-4-14(12-15)20(21,22)23)19(27)24-9-11-29-18-8-7-16(25-26-18)17-6-3-10-28-17/h2-8,10,12-13H,9,11H2,1H3,(H,24,27). The Hall–Kier alpha value is -3.56. The predicted molar refractivity (Wildman–Crippen MR) is 99.8 cm³/mol. The van der Waals surface area contributed by atoms with Crippen LogP contribution in [0.1, 0.15) is 12.5 Å². The average Bonchev–Trinajstić information content (AvgIpc) is 3.26. The van der Waals surface area contributed by atoms with Crippen LogP contribution in [0.4, 0.5) is 13.2 Å². The fourth-order valence-electron chi connectivity index (χ4n) is 2.43. The second kappa shape index (κ2) is 9.29. The highest BCUT2D eigenvalue weighted by molar-refractivity contribution is 5.80. The summed E-state index contributed by atoms with van der Waals surface area (Å²) in [4.78, 5) is 12.1. The van der Waals surface area contributed by atoms with Crippen molar-refractivity contribution in [1.29, 1.82) is 0 Å². The molecule has 0 fully saturated rings. The van der Waals surface area contributed by atoms with E-state index in [0.29, 0.717) is 11.5 Å². The maximum Gasteiger partial charge on any atom is 0.416 e. The molecule has 0 aliphatic heterocycles. The van der Waals surface area contributed by atoms with E-state index >= 15 is 0 Å². The third kappa shape index (κ3) is 5.72. The van der Waals surface area contributed by atoms with Gasteiger partial charge >= 0.3 is 6.18 Å². The van der Waals surface area contributed by atoms with Gasteiger partial charge < -0.3 is 19.2 Å². The van der Waals surface area contributed by atoms with E-state index in [2.05, 4.69) is 15.5 Å². The van der Waals surface area contributed by atoms with Gasteiger partial charge in [-0.25, -0.2) is 0 Å². The fourth-order valence-corrected chi connectivity index (χ4v) is 2.43. The van der Waals surface area contributed by atoms with E-state index in [1.54, 1.807) is 24.3 Å². The Morgan fingerprint density at radius 1 is 1.17 bits per heavy atom. The molecule has 1 atom stereocenters. The van der Waals surface area contributed by atoms with E-state index in [9.17, 15) is 18.0 Å². The molecule has 1 aromatic carbocycles. The molecule has 0 aliphatic rings. The monoisotopic (exact) mass is 421 g/mol. The topological polar surface area (TPSA) is 86.5 Å². The van der Waals surface area contributed by atoms with Crippen LogP contribution in [0.25, 0.3) is 11.5 Å². The number of rotatable bonds is 8. The Morgan fingerprint density at radius 2 is 2.00 bits per heavy atom. The number of carbonyl (C=O) groups excluding carboxylic acids is 1. The Kier molecular flexibility index (Phi) is 6.55. The van der Waals surface area contributed by atoms with Crippen molar-refractivity contribution < 1.29 is 31.9 Å². The van der Waals surface area contributed by atoms with Gasteiger partial charge in [-0.05, 0) is 43.3 Å². The summed E-state index contributed by atoms with van der Waals surface area (Å²) in [5.41, 5.74) is -0.290. The van der Waals surface area contributed by atoms with E-state index in [1.165, 1.54) is 25.3 Å². The Bertz CT molecular complexity index is 960. The molecule has 1 amide bonds. The highest BCUT2D eigenvalue weighted by atomic mass is 19.4. The maximum absolute atomic E-state index is 12.7. The summed E-state index contributed by atoms with van der Waals surface area (Å²) < 4.78 is 54.1. The van der Waals surface area contributed by atoms with Crippen molar-refractivity contribution in [3.8, 4) is 23.1 Å². The number of hydrogen-bond acceptors (Lipinski definition) is 6. The van der Waals surface area contributed by atoms with Gasteiger partial charge in [0.05, 0.1) is 18.4 Å². The molecule has 3 aromatic rings. The minimum Gasteiger partial charge on any atom is -0.481 e. The highest BCUT2D eigenvalue weighted by Crippen LogP contribution is 2.31. The summed E-state index contributed by atoms with van der Waals surface area (Å²) in [7, 11) is 0. The van der Waals surface area contributed by atoms with Gasteiger partial charge in [0.2, 0.25) is 5.88 Å². The molecule has 1 N–H and O–H groups in total. The van der Waals surface area contributed by atoms with Crippen LogP contribution in [0.5, 0.6) is 11.6 Å². The molecule has 10 heteroatoms. The van der Waals surface area contributed by atoms with Crippen molar-refractivity contribution in [2.75, 3.05) is 13.2 Å². The smallest absolute Gasteiger partial charge is 0.416 e. The minimum absolute atomic E-state index is 0.0457. The predicted octanol–water partition coefficient (Wildman–Crippen LogP) is 3.72. The van der Waals surface area contributed by atoms with Crippen molar-refractivity contribution >= 4 is 5.91 Å². The third-order valence-corrected chi connectivity index (χ3v) is 3.91. The molecule has 2 aromatic heterocycles. The van der Waals surface area contributed by atoms with Crippen LogP contribution in [0.2, 0.25) is 0 Å². The number of nitrogens with zero attached hydrogens (tertiary/aromatic N) is 2. The molecule has 0 saturated carbocycles. The number of aromatic nitrogens is 2. The molecule has 0 bridgehead atoms. The van der Waals surface area contributed by atoms with Crippen LogP contribution < -0.4 is 14.8 Å². The summed E-state index contributed by atoms with van der Waals surface area (Å²) in [5.74, 6) is 0.315. The molecular weight excluding hydrogens is 403 g/mol. The van der Waals surface area contributed by atoms with Crippen molar-refractivity contribution in [3.05, 3.63) is 60.4 Å². The fraction of sp³-hybridized carbons (Fsp3) is 0.250. The average molecular weight is 421 g/mol. The van der Waals surface area contributed by atoms with E-state index in [0.717, 1.165) is 12.1 Å². The number of hydrogen-bond donors (Lipinski definition) is 1. The van der Waals surface area contributed by atoms with Crippen LogP contribution in [0.3, 0.4) is 0 Å². The molecule has 158 valence electrons. The molecule has 7 nitrogen and oxygen atoms in total. The number of alkyl halides is 3. The second-order valence-corrected chi connectivity index (χ2v) is 6.16. The van der Waals surface area contributed by atoms with Gasteiger partial charge in [0.15, 0.2) is 11.9 Å². The quantitative estimate of drug-likeness (QED) is 0.558. The first kappa shape index (κ1) is 21.2. The van der Waals surface area contributed by atoms with Crippen LogP contribution >= 0.6 is 0 Å². The molecule has 0 spiro atoms. The molecule has 1 unspecified atom stereocenters. The van der Waals surface area contributed by atoms with Crippen molar-refractivity contribution in [1.82, 2.24) is 15.5 Å². The molecule has 30 heavy (non-hydrogen) atoms. The first-order valence-electron chi connectivity index (χ1n) is 8.95. The first-order valence-corrected chi connectivity index (χ1v) is 8.95. The zero-order valence-electron chi connectivity index (χ0n) is 15.8. The van der Waals surface area contributed by atoms with E-state index in [1.807, 2.05) is 0 Å². The number of furan rings is 1. The Morgan fingerprint density at radius 3 is 2.67 bits per heavy atom. The normalized spacial score (nSPS) is 12.3. The SMILES string of the molecule is CC(Oc1cccc(C(F)(F)F)c1)C(=O)NCCOc1ccc(-c2ccco2)nn1. The van der Waals surface area contributed by atoms with Crippen LogP contribution in [-0.2, 0) is 11.0 Å². The number of benzene rings is 1. The Balaban J connectivity index is 1.42. The molecule has 3 rings (SSSR count). The van der Waals surface area contributed by atoms with Crippen molar-refractivity contribution in [3.63, 3.8) is 0 Å². The zero-order valence-corrected chi connectivity index (χ0v) is 15.8. The molecule has 0 aliphatic carbocycles. The molecule has 0 saturated heterocycles. The van der Waals surface area contributed by atoms with Gasteiger partial charge in [0.1, 0.15) is 18.1 Å². The lowest BCUT2D eigenvalue weighted by Gasteiger charge is -2.16. The van der Waals surface area contributed by atoms with Gasteiger partial charge in [-0.1, -0.05) is 6.07 Å². The van der Waals surface area contributed by atoms with Gasteiger partial charge in [-0.15, -0.1) is 10.2 Å². The lowest BCUT2D eigenvalue weighted by Crippen LogP contribution is -2.38. The first-order chi connectivity index (χ1) is 14.3.